The summed E-state index contributed by atoms with van der Waals surface area (Å²) in [4.78, 5) is 45.3. The molecule has 46 heavy (non-hydrogen) atoms. The number of likely N-dealkylation sites (tertiary alicyclic amines) is 2. The average Bonchev–Trinajstić information content (AvgIpc) is 3.67. The molecule has 2 N–H and O–H groups in total. The van der Waals surface area contributed by atoms with E-state index in [0.717, 1.165) is 11.1 Å². The Morgan fingerprint density at radius 2 is 1.39 bits per heavy atom. The van der Waals surface area contributed by atoms with Crippen molar-refractivity contribution in [2.24, 2.45) is 0 Å². The summed E-state index contributed by atoms with van der Waals surface area (Å²) in [5, 5.41) is 21.5. The molecule has 2 unspecified atom stereocenters. The highest BCUT2D eigenvalue weighted by molar-refractivity contribution is 5.93. The molecule has 0 saturated carbocycles. The molecular formula is C36H32N4O6. The van der Waals surface area contributed by atoms with Crippen LogP contribution in [0.2, 0.25) is 0 Å². The summed E-state index contributed by atoms with van der Waals surface area (Å²) >= 11 is 0. The molecule has 0 bridgehead atoms. The third kappa shape index (κ3) is 5.61. The largest absolute Gasteiger partial charge is 0.460 e. The highest BCUT2D eigenvalue weighted by atomic mass is 16.5. The van der Waals surface area contributed by atoms with Crippen LogP contribution in [0.5, 0.6) is 0 Å². The van der Waals surface area contributed by atoms with Gasteiger partial charge in [0.25, 0.3) is 11.8 Å². The van der Waals surface area contributed by atoms with Crippen LogP contribution in [0.25, 0.3) is 27.9 Å². The Hall–Kier alpha value is -5.42. The lowest BCUT2D eigenvalue weighted by molar-refractivity contribution is -0.138. The molecule has 2 aromatic carbocycles. The number of carbonyl (C=O) groups is 3. The summed E-state index contributed by atoms with van der Waals surface area (Å²) in [6.07, 6.45) is 2.24. The number of aliphatic hydroxyl groups is 2. The van der Waals surface area contributed by atoms with E-state index in [9.17, 15) is 24.6 Å². The van der Waals surface area contributed by atoms with Gasteiger partial charge >= 0.3 is 5.97 Å². The fourth-order valence-corrected chi connectivity index (χ4v) is 5.63. The van der Waals surface area contributed by atoms with Gasteiger partial charge in [-0.1, -0.05) is 47.9 Å². The minimum Gasteiger partial charge on any atom is -0.460 e. The van der Waals surface area contributed by atoms with E-state index in [-0.39, 0.29) is 25.3 Å². The molecule has 2 saturated heterocycles. The van der Waals surface area contributed by atoms with Gasteiger partial charge in [0, 0.05) is 62.9 Å². The molecule has 0 aliphatic carbocycles. The second-order valence-corrected chi connectivity index (χ2v) is 11.5. The minimum absolute atomic E-state index is 0.114. The number of rotatable bonds is 4. The Balaban J connectivity index is 1.39. The van der Waals surface area contributed by atoms with Crippen molar-refractivity contribution in [3.05, 3.63) is 83.8 Å². The summed E-state index contributed by atoms with van der Waals surface area (Å²) in [5.74, 6) is 10.1. The molecule has 2 aliphatic heterocycles. The molecule has 232 valence electrons. The Morgan fingerprint density at radius 3 is 1.93 bits per heavy atom. The van der Waals surface area contributed by atoms with Gasteiger partial charge in [-0.3, -0.25) is 14.0 Å². The van der Waals surface area contributed by atoms with Crippen molar-refractivity contribution in [3.63, 3.8) is 0 Å². The SMILES string of the molecule is CCOC(=O)c1nc(-c2cccc(C#CC3(O)CCN(C)C3=O)c2)c2cc(-c3cccc(C#CC4(O)CCN(C)C4=O)c3)ccn12. The first-order valence-electron chi connectivity index (χ1n) is 14.9. The van der Waals surface area contributed by atoms with Gasteiger partial charge in [0.1, 0.15) is 0 Å². The number of ether oxygens (including phenoxy) is 1. The van der Waals surface area contributed by atoms with Crippen molar-refractivity contribution in [2.75, 3.05) is 33.8 Å². The fourth-order valence-electron chi connectivity index (χ4n) is 5.63. The zero-order chi connectivity index (χ0) is 32.6. The number of pyridine rings is 1. The molecule has 2 fully saturated rings. The summed E-state index contributed by atoms with van der Waals surface area (Å²) in [6, 6.07) is 18.4. The molecule has 10 heteroatoms. The van der Waals surface area contributed by atoms with Crippen LogP contribution in [0, 0.1) is 23.7 Å². The topological polar surface area (TPSA) is 125 Å². The number of carbonyl (C=O) groups excluding carboxylic acids is 3. The molecule has 4 heterocycles. The van der Waals surface area contributed by atoms with Gasteiger partial charge < -0.3 is 24.7 Å². The normalized spacial score (nSPS) is 20.8. The number of fused-ring (bicyclic) bond motifs is 1. The summed E-state index contributed by atoms with van der Waals surface area (Å²) in [5.41, 5.74) is 1.28. The molecule has 6 rings (SSSR count). The van der Waals surface area contributed by atoms with Crippen molar-refractivity contribution in [2.45, 2.75) is 31.0 Å². The van der Waals surface area contributed by atoms with Gasteiger partial charge in [0.15, 0.2) is 0 Å². The molecule has 2 aliphatic rings. The van der Waals surface area contributed by atoms with E-state index in [0.29, 0.717) is 41.0 Å². The number of hydrogen-bond acceptors (Lipinski definition) is 7. The van der Waals surface area contributed by atoms with E-state index < -0.39 is 29.0 Å². The van der Waals surface area contributed by atoms with E-state index in [2.05, 4.69) is 28.7 Å². The van der Waals surface area contributed by atoms with E-state index in [1.165, 1.54) is 9.80 Å². The highest BCUT2D eigenvalue weighted by Gasteiger charge is 2.43. The maximum absolute atomic E-state index is 12.9. The molecule has 2 atom stereocenters. The van der Waals surface area contributed by atoms with Gasteiger partial charge in [-0.2, -0.15) is 0 Å². The molecule has 2 aromatic heterocycles. The molecular weight excluding hydrogens is 584 g/mol. The summed E-state index contributed by atoms with van der Waals surface area (Å²) in [7, 11) is 3.27. The summed E-state index contributed by atoms with van der Waals surface area (Å²) < 4.78 is 6.96. The quantitative estimate of drug-likeness (QED) is 0.267. The van der Waals surface area contributed by atoms with Crippen LogP contribution in [0.15, 0.2) is 66.9 Å². The predicted molar refractivity (Wildman–Crippen MR) is 170 cm³/mol. The third-order valence-corrected chi connectivity index (χ3v) is 8.28. The van der Waals surface area contributed by atoms with Crippen LogP contribution in [0.4, 0.5) is 0 Å². The second-order valence-electron chi connectivity index (χ2n) is 11.5. The van der Waals surface area contributed by atoms with Crippen molar-refractivity contribution in [1.82, 2.24) is 19.2 Å². The van der Waals surface area contributed by atoms with Crippen molar-refractivity contribution >= 4 is 23.3 Å². The van der Waals surface area contributed by atoms with Crippen molar-refractivity contribution in [3.8, 4) is 46.1 Å². The van der Waals surface area contributed by atoms with Crippen LogP contribution in [-0.2, 0) is 14.3 Å². The van der Waals surface area contributed by atoms with Crippen LogP contribution in [0.1, 0.15) is 41.5 Å². The zero-order valence-corrected chi connectivity index (χ0v) is 25.7. The van der Waals surface area contributed by atoms with E-state index in [4.69, 9.17) is 4.74 Å². The van der Waals surface area contributed by atoms with Crippen molar-refractivity contribution in [1.29, 1.82) is 0 Å². The van der Waals surface area contributed by atoms with Gasteiger partial charge in [-0.15, -0.1) is 0 Å². The number of aromatic nitrogens is 2. The summed E-state index contributed by atoms with van der Waals surface area (Å²) in [6.45, 7) is 2.79. The number of esters is 1. The maximum Gasteiger partial charge on any atom is 0.374 e. The van der Waals surface area contributed by atoms with Gasteiger partial charge in [0.05, 0.1) is 17.8 Å². The number of imidazole rings is 1. The number of amides is 2. The Bertz CT molecular complexity index is 2030. The van der Waals surface area contributed by atoms with Gasteiger partial charge in [-0.25, -0.2) is 9.78 Å². The first kappa shape index (κ1) is 30.6. The van der Waals surface area contributed by atoms with E-state index in [1.807, 2.05) is 42.5 Å². The lowest BCUT2D eigenvalue weighted by atomic mass is 10.00. The van der Waals surface area contributed by atoms with Crippen LogP contribution in [0.3, 0.4) is 0 Å². The second kappa shape index (κ2) is 11.8. The Kier molecular flexibility index (Phi) is 7.87. The molecule has 2 amide bonds. The lowest BCUT2D eigenvalue weighted by Gasteiger charge is -2.13. The fraction of sp³-hybridized carbons (Fsp3) is 0.278. The molecule has 10 nitrogen and oxygen atoms in total. The monoisotopic (exact) mass is 616 g/mol. The van der Waals surface area contributed by atoms with Crippen LogP contribution in [-0.4, -0.2) is 92.2 Å². The number of hydrogen-bond donors (Lipinski definition) is 2. The minimum atomic E-state index is -1.72. The van der Waals surface area contributed by atoms with Gasteiger partial charge in [0.2, 0.25) is 17.0 Å². The van der Waals surface area contributed by atoms with Crippen LogP contribution >= 0.6 is 0 Å². The molecule has 0 radical (unpaired) electrons. The maximum atomic E-state index is 12.9. The smallest absolute Gasteiger partial charge is 0.374 e. The zero-order valence-electron chi connectivity index (χ0n) is 25.7. The molecule has 4 aromatic rings. The third-order valence-electron chi connectivity index (χ3n) is 8.28. The Labute approximate surface area is 266 Å². The number of benzene rings is 2. The predicted octanol–water partition coefficient (Wildman–Crippen LogP) is 2.73. The van der Waals surface area contributed by atoms with Crippen molar-refractivity contribution < 1.29 is 29.3 Å². The number of likely N-dealkylation sites (N-methyl/N-ethyl adjacent to an activating group) is 2. The van der Waals surface area contributed by atoms with Crippen LogP contribution < -0.4 is 0 Å². The lowest BCUT2D eigenvalue weighted by Crippen LogP contribution is -2.37. The highest BCUT2D eigenvalue weighted by Crippen LogP contribution is 2.31. The van der Waals surface area contributed by atoms with Gasteiger partial charge in [-0.05, 0) is 54.4 Å². The van der Waals surface area contributed by atoms with E-state index >= 15 is 0 Å². The van der Waals surface area contributed by atoms with E-state index in [1.54, 1.807) is 49.8 Å². The Morgan fingerprint density at radius 1 is 0.848 bits per heavy atom. The average molecular weight is 617 g/mol. The standard InChI is InChI=1S/C36H32N4O6/c1-4-46-32(41)31-37-30(28-10-6-8-25(22-28)12-15-36(45)17-20-39(3)34(36)43)29-23-27(13-18-40(29)31)26-9-5-7-24(21-26)11-14-35(44)16-19-38(2)33(35)42/h5-10,13,18,21-23,44-45H,4,16-17,19-20H2,1-3H3. The first-order valence-corrected chi connectivity index (χ1v) is 14.9. The number of nitrogens with zero attached hydrogens (tertiary/aromatic N) is 4. The molecule has 0 spiro atoms. The first-order chi connectivity index (χ1) is 22.0.